The smallest absolute Gasteiger partial charge is 0.264 e. The lowest BCUT2D eigenvalue weighted by Gasteiger charge is -2.14. The average molecular weight is 358 g/mol. The molecular weight excluding hydrogens is 343 g/mol. The first-order valence-corrected chi connectivity index (χ1v) is 8.40. The summed E-state index contributed by atoms with van der Waals surface area (Å²) in [5.74, 6) is -0.583. The second-order valence-electron chi connectivity index (χ2n) is 5.47. The summed E-state index contributed by atoms with van der Waals surface area (Å²) in [6.07, 6.45) is 1.23. The minimum absolute atomic E-state index is 0.0929. The Morgan fingerprint density at radius 3 is 2.64 bits per heavy atom. The summed E-state index contributed by atoms with van der Waals surface area (Å²) < 4.78 is 13.0. The molecule has 25 heavy (non-hydrogen) atoms. The molecule has 0 aliphatic rings. The Balaban J connectivity index is 1.78. The van der Waals surface area contributed by atoms with Crippen molar-refractivity contribution in [2.75, 3.05) is 0 Å². The quantitative estimate of drug-likeness (QED) is 0.751. The van der Waals surface area contributed by atoms with Crippen LogP contribution in [0.2, 0.25) is 0 Å². The maximum Gasteiger partial charge on any atom is 0.264 e. The summed E-state index contributed by atoms with van der Waals surface area (Å²) in [6.45, 7) is 3.60. The minimum atomic E-state index is -0.549. The van der Waals surface area contributed by atoms with E-state index in [0.29, 0.717) is 11.5 Å². The van der Waals surface area contributed by atoms with Crippen molar-refractivity contribution in [3.8, 4) is 11.5 Å². The van der Waals surface area contributed by atoms with Gasteiger partial charge in [0.1, 0.15) is 17.1 Å². The Kier molecular flexibility index (Phi) is 4.71. The predicted molar refractivity (Wildman–Crippen MR) is 93.0 cm³/mol. The molecule has 3 aromatic rings. The molecule has 0 spiro atoms. The number of hydrogen-bond donors (Lipinski definition) is 2. The van der Waals surface area contributed by atoms with Crippen molar-refractivity contribution in [2.24, 2.45) is 0 Å². The van der Waals surface area contributed by atoms with Gasteiger partial charge < -0.3 is 10.3 Å². The fourth-order valence-electron chi connectivity index (χ4n) is 2.27. The van der Waals surface area contributed by atoms with Gasteiger partial charge in [-0.3, -0.25) is 9.59 Å². The Morgan fingerprint density at radius 1 is 1.32 bits per heavy atom. The van der Waals surface area contributed by atoms with Gasteiger partial charge in [0, 0.05) is 11.6 Å². The van der Waals surface area contributed by atoms with Crippen molar-refractivity contribution in [3.05, 3.63) is 68.1 Å². The van der Waals surface area contributed by atoms with E-state index in [9.17, 15) is 14.0 Å². The first-order chi connectivity index (χ1) is 11.9. The van der Waals surface area contributed by atoms with Gasteiger partial charge in [0.2, 0.25) is 0 Å². The number of nitrogens with one attached hydrogen (secondary N) is 2. The van der Waals surface area contributed by atoms with Gasteiger partial charge in [-0.25, -0.2) is 14.4 Å². The van der Waals surface area contributed by atoms with Crippen LogP contribution in [0.5, 0.6) is 0 Å². The van der Waals surface area contributed by atoms with Crippen LogP contribution in [0.25, 0.3) is 11.5 Å². The van der Waals surface area contributed by atoms with E-state index in [4.69, 9.17) is 0 Å². The Hall–Kier alpha value is -2.87. The lowest BCUT2D eigenvalue weighted by atomic mass is 10.1. The van der Waals surface area contributed by atoms with Crippen molar-refractivity contribution in [1.82, 2.24) is 20.3 Å². The van der Waals surface area contributed by atoms with E-state index < -0.39 is 11.5 Å². The lowest BCUT2D eigenvalue weighted by molar-refractivity contribution is 0.0938. The number of aromatic amines is 1. The summed E-state index contributed by atoms with van der Waals surface area (Å²) in [5, 5.41) is 5.34. The number of carbonyl (C=O) groups excluding carboxylic acids is 1. The van der Waals surface area contributed by atoms with Crippen LogP contribution in [0.1, 0.15) is 33.9 Å². The number of halogens is 1. The summed E-state index contributed by atoms with van der Waals surface area (Å²) in [5.41, 5.74) is 0.657. The number of amides is 1. The normalized spacial score (nSPS) is 12.0. The van der Waals surface area contributed by atoms with Crippen molar-refractivity contribution in [2.45, 2.75) is 19.9 Å². The number of carbonyl (C=O) groups is 1. The van der Waals surface area contributed by atoms with Crippen molar-refractivity contribution < 1.29 is 9.18 Å². The van der Waals surface area contributed by atoms with Gasteiger partial charge in [-0.05, 0) is 31.5 Å². The van der Waals surface area contributed by atoms with E-state index in [0.717, 1.165) is 10.6 Å². The molecule has 3 rings (SSSR count). The molecular formula is C17H15FN4O2S. The number of hydrogen-bond acceptors (Lipinski definition) is 5. The SMILES string of the molecule is Cc1nc(-c2ncc(C(=O)NC(C)c3ccc(F)cc3)c(=O)[nH]2)cs1. The van der Waals surface area contributed by atoms with Crippen molar-refractivity contribution in [1.29, 1.82) is 0 Å². The molecule has 0 aliphatic heterocycles. The Morgan fingerprint density at radius 2 is 2.04 bits per heavy atom. The zero-order valence-electron chi connectivity index (χ0n) is 13.5. The standard InChI is InChI=1S/C17H15FN4O2S/c1-9(11-3-5-12(18)6-4-11)20-16(23)13-7-19-15(22-17(13)24)14-8-25-10(2)21-14/h3-9H,1-2H3,(H,20,23)(H,19,22,24). The number of aromatic nitrogens is 3. The maximum absolute atomic E-state index is 13.0. The molecule has 1 aromatic carbocycles. The molecule has 0 saturated carbocycles. The van der Waals surface area contributed by atoms with Crippen LogP contribution in [0.3, 0.4) is 0 Å². The molecule has 1 amide bonds. The van der Waals surface area contributed by atoms with Crippen LogP contribution in [0.4, 0.5) is 4.39 Å². The topological polar surface area (TPSA) is 87.7 Å². The Bertz CT molecular complexity index is 965. The predicted octanol–water partition coefficient (Wildman–Crippen LogP) is 2.83. The van der Waals surface area contributed by atoms with Crippen LogP contribution in [0.15, 0.2) is 40.6 Å². The van der Waals surface area contributed by atoms with Gasteiger partial charge >= 0.3 is 0 Å². The monoisotopic (exact) mass is 358 g/mol. The number of rotatable bonds is 4. The van der Waals surface area contributed by atoms with E-state index in [1.165, 1.54) is 29.7 Å². The second kappa shape index (κ2) is 6.94. The summed E-state index contributed by atoms with van der Waals surface area (Å²) in [4.78, 5) is 35.4. The highest BCUT2D eigenvalue weighted by molar-refractivity contribution is 7.09. The number of benzene rings is 1. The van der Waals surface area contributed by atoms with Crippen LogP contribution in [-0.4, -0.2) is 20.9 Å². The van der Waals surface area contributed by atoms with Crippen LogP contribution in [0, 0.1) is 12.7 Å². The lowest BCUT2D eigenvalue weighted by Crippen LogP contribution is -2.32. The van der Waals surface area contributed by atoms with Crippen molar-refractivity contribution in [3.63, 3.8) is 0 Å². The zero-order valence-corrected chi connectivity index (χ0v) is 14.4. The van der Waals surface area contributed by atoms with E-state index in [-0.39, 0.29) is 17.4 Å². The van der Waals surface area contributed by atoms with Crippen LogP contribution >= 0.6 is 11.3 Å². The Labute approximate surface area is 146 Å². The molecule has 2 heterocycles. The van der Waals surface area contributed by atoms with E-state index in [2.05, 4.69) is 20.3 Å². The first kappa shape index (κ1) is 17.0. The second-order valence-corrected chi connectivity index (χ2v) is 6.54. The highest BCUT2D eigenvalue weighted by Gasteiger charge is 2.16. The molecule has 0 radical (unpaired) electrons. The van der Waals surface area contributed by atoms with Gasteiger partial charge in [0.05, 0.1) is 11.0 Å². The first-order valence-electron chi connectivity index (χ1n) is 7.52. The average Bonchev–Trinajstić information content (AvgIpc) is 3.01. The molecule has 0 bridgehead atoms. The van der Waals surface area contributed by atoms with Crippen LogP contribution < -0.4 is 10.9 Å². The molecule has 2 N–H and O–H groups in total. The molecule has 0 fully saturated rings. The van der Waals surface area contributed by atoms with Gasteiger partial charge in [0.25, 0.3) is 11.5 Å². The van der Waals surface area contributed by atoms with Crippen molar-refractivity contribution >= 4 is 17.2 Å². The summed E-state index contributed by atoms with van der Waals surface area (Å²) in [6, 6.07) is 5.41. The minimum Gasteiger partial charge on any atom is -0.345 e. The fraction of sp³-hybridized carbons (Fsp3) is 0.176. The zero-order chi connectivity index (χ0) is 18.0. The third kappa shape index (κ3) is 3.80. The number of nitrogens with zero attached hydrogens (tertiary/aromatic N) is 2. The highest BCUT2D eigenvalue weighted by Crippen LogP contribution is 2.17. The third-order valence-electron chi connectivity index (χ3n) is 3.62. The molecule has 1 unspecified atom stereocenters. The number of aryl methyl sites for hydroxylation is 1. The van der Waals surface area contributed by atoms with E-state index in [1.54, 1.807) is 24.4 Å². The summed E-state index contributed by atoms with van der Waals surface area (Å²) >= 11 is 1.44. The van der Waals surface area contributed by atoms with Gasteiger partial charge in [-0.1, -0.05) is 12.1 Å². The van der Waals surface area contributed by atoms with Gasteiger partial charge in [-0.15, -0.1) is 11.3 Å². The molecule has 8 heteroatoms. The third-order valence-corrected chi connectivity index (χ3v) is 4.40. The molecule has 6 nitrogen and oxygen atoms in total. The number of thiazole rings is 1. The highest BCUT2D eigenvalue weighted by atomic mass is 32.1. The van der Waals surface area contributed by atoms with Gasteiger partial charge in [0.15, 0.2) is 5.82 Å². The molecule has 0 saturated heterocycles. The molecule has 2 aromatic heterocycles. The maximum atomic E-state index is 13.0. The van der Waals surface area contributed by atoms with E-state index in [1.807, 2.05) is 6.92 Å². The van der Waals surface area contributed by atoms with Crippen LogP contribution in [-0.2, 0) is 0 Å². The van der Waals surface area contributed by atoms with Gasteiger partial charge in [-0.2, -0.15) is 0 Å². The summed E-state index contributed by atoms with van der Waals surface area (Å²) in [7, 11) is 0. The molecule has 128 valence electrons. The van der Waals surface area contributed by atoms with E-state index >= 15 is 0 Å². The molecule has 1 atom stereocenters. The fourth-order valence-corrected chi connectivity index (χ4v) is 2.87. The molecule has 0 aliphatic carbocycles. The number of H-pyrrole nitrogens is 1. The largest absolute Gasteiger partial charge is 0.345 e.